The van der Waals surface area contributed by atoms with Crippen LogP contribution in [0, 0.1) is 17.0 Å². The van der Waals surface area contributed by atoms with Gasteiger partial charge in [-0.1, -0.05) is 36.4 Å². The number of amides is 1. The van der Waals surface area contributed by atoms with Crippen molar-refractivity contribution in [3.8, 4) is 16.9 Å². The summed E-state index contributed by atoms with van der Waals surface area (Å²) in [6.07, 6.45) is -0.614. The number of carbonyl (C=O) groups is 1. The number of ether oxygens (including phenoxy) is 2. The summed E-state index contributed by atoms with van der Waals surface area (Å²) in [4.78, 5) is 15.0. The van der Waals surface area contributed by atoms with E-state index < -0.39 is 29.2 Å². The van der Waals surface area contributed by atoms with E-state index in [9.17, 15) is 4.79 Å². The summed E-state index contributed by atoms with van der Waals surface area (Å²) in [5.41, 5.74) is 7.21. The van der Waals surface area contributed by atoms with Gasteiger partial charge in [-0.25, -0.2) is 8.78 Å². The molecule has 0 spiro atoms. The van der Waals surface area contributed by atoms with Crippen LogP contribution in [0.25, 0.3) is 11.1 Å². The Balaban J connectivity index is 1.75. The highest BCUT2D eigenvalue weighted by Gasteiger charge is 2.28. The normalized spacial score (nSPS) is 11.8. The van der Waals surface area contributed by atoms with E-state index >= 15 is 8.78 Å². The molecule has 38 heavy (non-hydrogen) atoms. The second-order valence-electron chi connectivity index (χ2n) is 9.05. The number of nitrogens with zero attached hydrogens (tertiary/aromatic N) is 1. The Morgan fingerprint density at radius 2 is 1.74 bits per heavy atom. The maximum Gasteiger partial charge on any atom is 0.254 e. The van der Waals surface area contributed by atoms with E-state index in [-0.39, 0.29) is 19.0 Å². The summed E-state index contributed by atoms with van der Waals surface area (Å²) in [5, 5.41) is 10.1. The van der Waals surface area contributed by atoms with Gasteiger partial charge >= 0.3 is 0 Å². The topological polar surface area (TPSA) is 101 Å². The number of hydrogen-bond acceptors (Lipinski definition) is 5. The van der Waals surface area contributed by atoms with Crippen molar-refractivity contribution in [1.29, 1.82) is 5.41 Å². The van der Waals surface area contributed by atoms with E-state index in [0.29, 0.717) is 29.0 Å². The van der Waals surface area contributed by atoms with Crippen LogP contribution >= 0.6 is 0 Å². The van der Waals surface area contributed by atoms with Gasteiger partial charge in [-0.2, -0.15) is 0 Å². The summed E-state index contributed by atoms with van der Waals surface area (Å²) in [7, 11) is 3.98. The molecule has 3 aromatic carbocycles. The van der Waals surface area contributed by atoms with E-state index in [0.717, 1.165) is 18.5 Å². The minimum atomic E-state index is -1.46. The first kappa shape index (κ1) is 28.7. The van der Waals surface area contributed by atoms with Crippen LogP contribution < -0.4 is 15.8 Å². The highest BCUT2D eigenvalue weighted by molar-refractivity contribution is 5.94. The van der Waals surface area contributed by atoms with Crippen LogP contribution in [-0.2, 0) is 16.1 Å². The van der Waals surface area contributed by atoms with Crippen molar-refractivity contribution in [3.05, 3.63) is 89.0 Å². The largest absolute Gasteiger partial charge is 0.494 e. The van der Waals surface area contributed by atoms with Crippen LogP contribution in [0.1, 0.15) is 36.1 Å². The van der Waals surface area contributed by atoms with Crippen LogP contribution in [0.15, 0.2) is 60.7 Å². The Morgan fingerprint density at radius 1 is 1.05 bits per heavy atom. The summed E-state index contributed by atoms with van der Waals surface area (Å²) < 4.78 is 41.8. The SMILES string of the molecule is CCO[C@H](C(=O)NCc1ccc(C(=N)N)cc1)c1c(F)cc(-c2cccc(OCCCN(C)C)c2)cc1F. The van der Waals surface area contributed by atoms with Crippen LogP contribution in [0.5, 0.6) is 5.75 Å². The molecular weight excluding hydrogens is 490 g/mol. The molecule has 0 unspecified atom stereocenters. The fourth-order valence-electron chi connectivity index (χ4n) is 3.88. The standard InChI is InChI=1S/C29H34F2N4O3/c1-4-37-27(29(36)34-18-19-9-11-20(12-10-19)28(32)33)26-24(30)16-22(17-25(26)31)21-7-5-8-23(15-21)38-14-6-13-35(2)3/h5,7-12,15-17,27H,4,6,13-14,18H2,1-3H3,(H3,32,33)(H,34,36)/t27-/m0/s1. The average molecular weight is 525 g/mol. The van der Waals surface area contributed by atoms with Gasteiger partial charge in [0, 0.05) is 25.3 Å². The fourth-order valence-corrected chi connectivity index (χ4v) is 3.88. The quantitative estimate of drug-likeness (QED) is 0.172. The van der Waals surface area contributed by atoms with Gasteiger partial charge in [0.1, 0.15) is 23.2 Å². The van der Waals surface area contributed by atoms with Gasteiger partial charge in [0.05, 0.1) is 12.2 Å². The third kappa shape index (κ3) is 7.84. The number of nitrogen functional groups attached to an aromatic ring is 1. The van der Waals surface area contributed by atoms with Crippen LogP contribution in [0.3, 0.4) is 0 Å². The Kier molecular flexibility index (Phi) is 10.3. The lowest BCUT2D eigenvalue weighted by molar-refractivity contribution is -0.133. The number of rotatable bonds is 13. The number of amidine groups is 1. The first-order chi connectivity index (χ1) is 18.2. The predicted molar refractivity (Wildman–Crippen MR) is 144 cm³/mol. The third-order valence-electron chi connectivity index (χ3n) is 5.83. The van der Waals surface area contributed by atoms with Crippen molar-refractivity contribution < 1.29 is 23.0 Å². The molecule has 0 saturated carbocycles. The molecule has 7 nitrogen and oxygen atoms in total. The van der Waals surface area contributed by atoms with Crippen molar-refractivity contribution in [2.75, 3.05) is 33.9 Å². The van der Waals surface area contributed by atoms with E-state index in [1.54, 1.807) is 55.5 Å². The van der Waals surface area contributed by atoms with Crippen LogP contribution in [0.4, 0.5) is 8.78 Å². The zero-order valence-corrected chi connectivity index (χ0v) is 21.9. The van der Waals surface area contributed by atoms with Gasteiger partial charge < -0.3 is 25.4 Å². The molecule has 0 aliphatic carbocycles. The first-order valence-corrected chi connectivity index (χ1v) is 12.4. The lowest BCUT2D eigenvalue weighted by atomic mass is 9.99. The Hall–Kier alpha value is -3.82. The molecule has 0 fully saturated rings. The third-order valence-corrected chi connectivity index (χ3v) is 5.83. The maximum atomic E-state index is 15.3. The first-order valence-electron chi connectivity index (χ1n) is 12.4. The Morgan fingerprint density at radius 3 is 2.34 bits per heavy atom. The molecule has 1 atom stereocenters. The van der Waals surface area contributed by atoms with Gasteiger partial charge in [-0.15, -0.1) is 0 Å². The van der Waals surface area contributed by atoms with Gasteiger partial charge in [-0.3, -0.25) is 10.2 Å². The van der Waals surface area contributed by atoms with Crippen molar-refractivity contribution in [1.82, 2.24) is 10.2 Å². The molecule has 0 aliphatic rings. The summed E-state index contributed by atoms with van der Waals surface area (Å²) in [6, 6.07) is 16.2. The minimum Gasteiger partial charge on any atom is -0.494 e. The van der Waals surface area contributed by atoms with Gasteiger partial charge in [0.15, 0.2) is 6.10 Å². The van der Waals surface area contributed by atoms with E-state index in [4.69, 9.17) is 20.6 Å². The smallest absolute Gasteiger partial charge is 0.254 e. The lowest BCUT2D eigenvalue weighted by Gasteiger charge is -2.19. The van der Waals surface area contributed by atoms with Crippen LogP contribution in [0.2, 0.25) is 0 Å². The number of benzene rings is 3. The lowest BCUT2D eigenvalue weighted by Crippen LogP contribution is -2.31. The summed E-state index contributed by atoms with van der Waals surface area (Å²) >= 11 is 0. The maximum absolute atomic E-state index is 15.3. The molecule has 0 heterocycles. The average Bonchev–Trinajstić information content (AvgIpc) is 2.89. The molecule has 1 amide bonds. The number of nitrogens with two attached hydrogens (primary N) is 1. The van der Waals surface area contributed by atoms with Gasteiger partial charge in [-0.05, 0) is 68.4 Å². The monoisotopic (exact) mass is 524 g/mol. The van der Waals surface area contributed by atoms with E-state index in [1.807, 2.05) is 14.1 Å². The van der Waals surface area contributed by atoms with Gasteiger partial charge in [0.25, 0.3) is 5.91 Å². The number of carbonyl (C=O) groups excluding carboxylic acids is 1. The van der Waals surface area contributed by atoms with Crippen LogP contribution in [-0.4, -0.2) is 50.5 Å². The number of nitrogens with one attached hydrogen (secondary N) is 2. The molecule has 3 aromatic rings. The Labute approximate surface area is 222 Å². The minimum absolute atomic E-state index is 0.0642. The molecule has 202 valence electrons. The Bertz CT molecular complexity index is 1230. The summed E-state index contributed by atoms with van der Waals surface area (Å²) in [5.74, 6) is -1.88. The number of hydrogen-bond donors (Lipinski definition) is 3. The van der Waals surface area contributed by atoms with Crippen molar-refractivity contribution in [2.24, 2.45) is 5.73 Å². The second kappa shape index (κ2) is 13.6. The van der Waals surface area contributed by atoms with Crippen molar-refractivity contribution >= 4 is 11.7 Å². The molecular formula is C29H34F2N4O3. The zero-order valence-electron chi connectivity index (χ0n) is 21.9. The summed E-state index contributed by atoms with van der Waals surface area (Å²) in [6.45, 7) is 3.26. The molecule has 9 heteroatoms. The highest BCUT2D eigenvalue weighted by Crippen LogP contribution is 2.31. The van der Waals surface area contributed by atoms with Crippen molar-refractivity contribution in [3.63, 3.8) is 0 Å². The number of halogens is 2. The van der Waals surface area contributed by atoms with E-state index in [1.165, 1.54) is 12.1 Å². The molecule has 0 aliphatic heterocycles. The zero-order chi connectivity index (χ0) is 27.7. The highest BCUT2D eigenvalue weighted by atomic mass is 19.1. The van der Waals surface area contributed by atoms with Gasteiger partial charge in [0.2, 0.25) is 0 Å². The predicted octanol–water partition coefficient (Wildman–Crippen LogP) is 4.64. The molecule has 3 rings (SSSR count). The molecule has 0 bridgehead atoms. The molecule has 0 saturated heterocycles. The molecule has 4 N–H and O–H groups in total. The molecule has 0 radical (unpaired) electrons. The fraction of sp³-hybridized carbons (Fsp3) is 0.310. The van der Waals surface area contributed by atoms with E-state index in [2.05, 4.69) is 10.2 Å². The molecule has 0 aromatic heterocycles. The van der Waals surface area contributed by atoms with Crippen molar-refractivity contribution in [2.45, 2.75) is 26.0 Å². The second-order valence-corrected chi connectivity index (χ2v) is 9.05.